The second-order valence-electron chi connectivity index (χ2n) is 5.24. The summed E-state index contributed by atoms with van der Waals surface area (Å²) in [5, 5.41) is 2.77. The maximum atomic E-state index is 12.2. The first-order chi connectivity index (χ1) is 11.1. The number of hydrogen-bond donors (Lipinski definition) is 1. The van der Waals surface area contributed by atoms with Crippen LogP contribution in [0.15, 0.2) is 24.3 Å². The molecule has 0 radical (unpaired) electrons. The van der Waals surface area contributed by atoms with Crippen molar-refractivity contribution in [1.29, 1.82) is 0 Å². The zero-order valence-corrected chi connectivity index (χ0v) is 12.7. The van der Waals surface area contributed by atoms with Gasteiger partial charge in [-0.05, 0) is 19.1 Å². The van der Waals surface area contributed by atoms with Crippen molar-refractivity contribution in [3.05, 3.63) is 24.3 Å². The third-order valence-corrected chi connectivity index (χ3v) is 3.73. The number of benzene rings is 1. The lowest BCUT2D eigenvalue weighted by atomic mass is 10.1. The molecule has 1 aromatic carbocycles. The third kappa shape index (κ3) is 2.92. The molecule has 2 aliphatic heterocycles. The molecule has 0 bridgehead atoms. The number of likely N-dealkylation sites (tertiary alicyclic amines) is 1. The van der Waals surface area contributed by atoms with Crippen LogP contribution in [0, 0.1) is 0 Å². The first-order valence-electron chi connectivity index (χ1n) is 7.36. The maximum Gasteiger partial charge on any atom is 0.417 e. The number of amides is 4. The van der Waals surface area contributed by atoms with Crippen LogP contribution < -0.4 is 10.1 Å². The van der Waals surface area contributed by atoms with Crippen LogP contribution in [0.3, 0.4) is 0 Å². The van der Waals surface area contributed by atoms with Gasteiger partial charge in [-0.15, -0.1) is 0 Å². The average Bonchev–Trinajstić information content (AvgIpc) is 2.80. The van der Waals surface area contributed by atoms with Crippen molar-refractivity contribution in [2.45, 2.75) is 13.0 Å². The zero-order valence-electron chi connectivity index (χ0n) is 12.7. The van der Waals surface area contributed by atoms with Crippen molar-refractivity contribution in [2.75, 3.05) is 31.6 Å². The number of rotatable bonds is 4. The molecule has 0 saturated carbocycles. The minimum absolute atomic E-state index is 0.219. The smallest absolute Gasteiger partial charge is 0.417 e. The van der Waals surface area contributed by atoms with E-state index in [-0.39, 0.29) is 24.6 Å². The van der Waals surface area contributed by atoms with Gasteiger partial charge in [0.05, 0.1) is 18.3 Å². The predicted molar refractivity (Wildman–Crippen MR) is 80.2 cm³/mol. The summed E-state index contributed by atoms with van der Waals surface area (Å²) in [4.78, 5) is 37.8. The Morgan fingerprint density at radius 3 is 2.74 bits per heavy atom. The van der Waals surface area contributed by atoms with Crippen molar-refractivity contribution in [3.8, 4) is 5.75 Å². The van der Waals surface area contributed by atoms with Gasteiger partial charge < -0.3 is 19.7 Å². The molecular formula is C15H17N3O5. The summed E-state index contributed by atoms with van der Waals surface area (Å²) >= 11 is 0. The summed E-state index contributed by atoms with van der Waals surface area (Å²) in [7, 11) is 0. The first-order valence-corrected chi connectivity index (χ1v) is 7.36. The fourth-order valence-electron chi connectivity index (χ4n) is 2.55. The molecule has 2 fully saturated rings. The summed E-state index contributed by atoms with van der Waals surface area (Å²) in [6, 6.07) is 6.54. The Morgan fingerprint density at radius 1 is 1.35 bits per heavy atom. The van der Waals surface area contributed by atoms with E-state index in [1.54, 1.807) is 18.2 Å². The number of anilines is 1. The SMILES string of the molecule is CCOc1ccccc1NC(=O)N1CC(N2C(=O)COC2=O)C1. The van der Waals surface area contributed by atoms with Gasteiger partial charge in [-0.3, -0.25) is 4.79 Å². The molecule has 1 aromatic rings. The lowest BCUT2D eigenvalue weighted by Gasteiger charge is -2.41. The molecule has 2 heterocycles. The Balaban J connectivity index is 1.57. The van der Waals surface area contributed by atoms with E-state index >= 15 is 0 Å². The highest BCUT2D eigenvalue weighted by atomic mass is 16.6. The molecule has 8 nitrogen and oxygen atoms in total. The summed E-state index contributed by atoms with van der Waals surface area (Å²) in [6.07, 6.45) is -0.637. The second-order valence-corrected chi connectivity index (χ2v) is 5.24. The van der Waals surface area contributed by atoms with Gasteiger partial charge in [-0.1, -0.05) is 12.1 Å². The van der Waals surface area contributed by atoms with E-state index < -0.39 is 6.09 Å². The Bertz CT molecular complexity index is 626. The molecule has 0 aliphatic carbocycles. The van der Waals surface area contributed by atoms with Gasteiger partial charge in [0.1, 0.15) is 5.75 Å². The first kappa shape index (κ1) is 15.1. The van der Waals surface area contributed by atoms with Gasteiger partial charge >= 0.3 is 12.1 Å². The standard InChI is InChI=1S/C15H17N3O5/c1-2-22-12-6-4-3-5-11(12)16-14(20)17-7-10(8-17)18-13(19)9-23-15(18)21/h3-6,10H,2,7-9H2,1H3,(H,16,20). The highest BCUT2D eigenvalue weighted by molar-refractivity contribution is 5.99. The Kier molecular flexibility index (Phi) is 4.05. The van der Waals surface area contributed by atoms with Crippen molar-refractivity contribution >= 4 is 23.7 Å². The van der Waals surface area contributed by atoms with Crippen LogP contribution in [-0.4, -0.2) is 60.2 Å². The van der Waals surface area contributed by atoms with Gasteiger partial charge in [-0.25, -0.2) is 14.5 Å². The highest BCUT2D eigenvalue weighted by Gasteiger charge is 2.44. The predicted octanol–water partition coefficient (Wildman–Crippen LogP) is 1.28. The number of hydrogen-bond acceptors (Lipinski definition) is 5. The van der Waals surface area contributed by atoms with Crippen LogP contribution in [0.2, 0.25) is 0 Å². The summed E-state index contributed by atoms with van der Waals surface area (Å²) in [6.45, 7) is 2.73. The Hall–Kier alpha value is -2.77. The highest BCUT2D eigenvalue weighted by Crippen LogP contribution is 2.26. The molecule has 1 N–H and O–H groups in total. The van der Waals surface area contributed by atoms with E-state index in [2.05, 4.69) is 10.1 Å². The minimum atomic E-state index is -0.637. The van der Waals surface area contributed by atoms with Crippen LogP contribution in [0.1, 0.15) is 6.92 Å². The molecule has 0 atom stereocenters. The number of para-hydroxylation sites is 2. The molecule has 0 spiro atoms. The monoisotopic (exact) mass is 319 g/mol. The van der Waals surface area contributed by atoms with Crippen LogP contribution in [-0.2, 0) is 9.53 Å². The largest absolute Gasteiger partial charge is 0.492 e. The van der Waals surface area contributed by atoms with Crippen molar-refractivity contribution in [3.63, 3.8) is 0 Å². The number of carbonyl (C=O) groups excluding carboxylic acids is 3. The fraction of sp³-hybridized carbons (Fsp3) is 0.400. The van der Waals surface area contributed by atoms with E-state index in [1.165, 1.54) is 4.90 Å². The molecule has 4 amide bonds. The van der Waals surface area contributed by atoms with Gasteiger partial charge in [0.25, 0.3) is 5.91 Å². The minimum Gasteiger partial charge on any atom is -0.492 e. The number of nitrogens with one attached hydrogen (secondary N) is 1. The fourth-order valence-corrected chi connectivity index (χ4v) is 2.55. The Morgan fingerprint density at radius 2 is 2.09 bits per heavy atom. The van der Waals surface area contributed by atoms with Gasteiger partial charge in [-0.2, -0.15) is 0 Å². The topological polar surface area (TPSA) is 88.2 Å². The molecule has 3 rings (SSSR count). The molecule has 0 aromatic heterocycles. The molecule has 8 heteroatoms. The number of cyclic esters (lactones) is 1. The average molecular weight is 319 g/mol. The normalized spacial score (nSPS) is 17.8. The molecule has 122 valence electrons. The van der Waals surface area contributed by atoms with Crippen LogP contribution in [0.5, 0.6) is 5.75 Å². The van der Waals surface area contributed by atoms with Crippen LogP contribution in [0.25, 0.3) is 0 Å². The van der Waals surface area contributed by atoms with E-state index in [1.807, 2.05) is 13.0 Å². The summed E-state index contributed by atoms with van der Waals surface area (Å²) in [5.74, 6) is 0.237. The third-order valence-electron chi connectivity index (χ3n) is 3.73. The number of imide groups is 1. The lowest BCUT2D eigenvalue weighted by Crippen LogP contribution is -2.63. The number of ether oxygens (including phenoxy) is 2. The van der Waals surface area contributed by atoms with Crippen molar-refractivity contribution < 1.29 is 23.9 Å². The van der Waals surface area contributed by atoms with Crippen LogP contribution in [0.4, 0.5) is 15.3 Å². The van der Waals surface area contributed by atoms with E-state index in [0.29, 0.717) is 31.1 Å². The maximum absolute atomic E-state index is 12.2. The van der Waals surface area contributed by atoms with E-state index in [9.17, 15) is 14.4 Å². The van der Waals surface area contributed by atoms with Crippen molar-refractivity contribution in [1.82, 2.24) is 9.80 Å². The molecular weight excluding hydrogens is 302 g/mol. The molecule has 2 aliphatic rings. The molecule has 0 unspecified atom stereocenters. The summed E-state index contributed by atoms with van der Waals surface area (Å²) in [5.41, 5.74) is 0.583. The quantitative estimate of drug-likeness (QED) is 0.903. The van der Waals surface area contributed by atoms with Gasteiger partial charge in [0.15, 0.2) is 6.61 Å². The van der Waals surface area contributed by atoms with E-state index in [0.717, 1.165) is 4.90 Å². The van der Waals surface area contributed by atoms with Gasteiger partial charge in [0.2, 0.25) is 0 Å². The molecule has 23 heavy (non-hydrogen) atoms. The molecule has 2 saturated heterocycles. The lowest BCUT2D eigenvalue weighted by molar-refractivity contribution is -0.129. The number of urea groups is 1. The van der Waals surface area contributed by atoms with Crippen molar-refractivity contribution in [2.24, 2.45) is 0 Å². The summed E-state index contributed by atoms with van der Waals surface area (Å²) < 4.78 is 10.1. The number of carbonyl (C=O) groups is 3. The Labute approximate surface area is 132 Å². The zero-order chi connectivity index (χ0) is 16.4. The van der Waals surface area contributed by atoms with Gasteiger partial charge in [0, 0.05) is 13.1 Å². The van der Waals surface area contributed by atoms with Crippen LogP contribution >= 0.6 is 0 Å². The van der Waals surface area contributed by atoms with E-state index in [4.69, 9.17) is 4.74 Å². The second kappa shape index (κ2) is 6.15. The number of nitrogens with zero attached hydrogens (tertiary/aromatic N) is 2.